The Bertz CT molecular complexity index is 995. The summed E-state index contributed by atoms with van der Waals surface area (Å²) in [6.07, 6.45) is 1.33. The van der Waals surface area contributed by atoms with Gasteiger partial charge in [0.05, 0.1) is 0 Å². The van der Waals surface area contributed by atoms with Crippen LogP contribution in [0, 0.1) is 0 Å². The van der Waals surface area contributed by atoms with Crippen LogP contribution in [0.2, 0.25) is 0 Å². The molecule has 2 N–H and O–H groups in total. The van der Waals surface area contributed by atoms with Crippen molar-refractivity contribution < 1.29 is 14.7 Å². The van der Waals surface area contributed by atoms with E-state index in [0.717, 1.165) is 16.8 Å². The van der Waals surface area contributed by atoms with Gasteiger partial charge in [-0.3, -0.25) is 9.59 Å². The van der Waals surface area contributed by atoms with E-state index in [1.54, 1.807) is 18.2 Å². The molecule has 4 nitrogen and oxygen atoms in total. The predicted octanol–water partition coefficient (Wildman–Crippen LogP) is 4.69. The summed E-state index contributed by atoms with van der Waals surface area (Å²) in [6, 6.07) is 15.4. The van der Waals surface area contributed by atoms with Gasteiger partial charge in [-0.2, -0.15) is 0 Å². The third-order valence-electron chi connectivity index (χ3n) is 6.06. The van der Waals surface area contributed by atoms with Gasteiger partial charge in [-0.25, -0.2) is 0 Å². The number of ketones is 1. The topological polar surface area (TPSA) is 66.4 Å². The Morgan fingerprint density at radius 3 is 2.31 bits per heavy atom. The monoisotopic (exact) mass is 389 g/mol. The lowest BCUT2D eigenvalue weighted by molar-refractivity contribution is -0.122. The Morgan fingerprint density at radius 2 is 1.66 bits per heavy atom. The molecule has 0 saturated carbocycles. The Kier molecular flexibility index (Phi) is 4.81. The quantitative estimate of drug-likeness (QED) is 0.783. The molecule has 0 spiro atoms. The van der Waals surface area contributed by atoms with Crippen molar-refractivity contribution in [3.63, 3.8) is 0 Å². The second-order valence-corrected chi connectivity index (χ2v) is 9.19. The maximum absolute atomic E-state index is 13.1. The molecule has 2 aromatic rings. The van der Waals surface area contributed by atoms with E-state index in [2.05, 4.69) is 50.4 Å². The Morgan fingerprint density at radius 1 is 0.931 bits per heavy atom. The highest BCUT2D eigenvalue weighted by Crippen LogP contribution is 2.43. The average molecular weight is 389 g/mol. The van der Waals surface area contributed by atoms with Crippen molar-refractivity contribution in [2.75, 3.05) is 0 Å². The van der Waals surface area contributed by atoms with E-state index in [9.17, 15) is 14.7 Å². The molecule has 1 amide bonds. The van der Waals surface area contributed by atoms with Gasteiger partial charge in [0.15, 0.2) is 5.78 Å². The molecule has 4 rings (SSSR count). The minimum atomic E-state index is -0.289. The SMILES string of the molecule is CC(C)(C)c1ccc(C2CC(=O)C3=C(C2)NC(=O)CC3c2cccc(O)c2)cc1. The number of carbonyl (C=O) groups excluding carboxylic acids is 2. The van der Waals surface area contributed by atoms with Crippen molar-refractivity contribution in [1.29, 1.82) is 0 Å². The third-order valence-corrected chi connectivity index (χ3v) is 6.06. The highest BCUT2D eigenvalue weighted by Gasteiger charge is 2.38. The minimum absolute atomic E-state index is 0.0681. The van der Waals surface area contributed by atoms with E-state index in [4.69, 9.17) is 0 Å². The predicted molar refractivity (Wildman–Crippen MR) is 113 cm³/mol. The van der Waals surface area contributed by atoms with Gasteiger partial charge in [-0.15, -0.1) is 0 Å². The van der Waals surface area contributed by atoms with Gasteiger partial charge in [-0.05, 0) is 46.6 Å². The normalized spacial score (nSPS) is 22.3. The maximum Gasteiger partial charge on any atom is 0.225 e. The lowest BCUT2D eigenvalue weighted by Crippen LogP contribution is -2.38. The first-order valence-corrected chi connectivity index (χ1v) is 10.2. The van der Waals surface area contributed by atoms with E-state index < -0.39 is 0 Å². The summed E-state index contributed by atoms with van der Waals surface area (Å²) in [7, 11) is 0. The zero-order valence-corrected chi connectivity index (χ0v) is 17.2. The van der Waals surface area contributed by atoms with Crippen molar-refractivity contribution in [2.24, 2.45) is 0 Å². The zero-order chi connectivity index (χ0) is 20.8. The summed E-state index contributed by atoms with van der Waals surface area (Å²) in [5.41, 5.74) is 4.75. The Hall–Kier alpha value is -2.88. The van der Waals surface area contributed by atoms with Crippen molar-refractivity contribution in [3.8, 4) is 5.75 Å². The maximum atomic E-state index is 13.1. The summed E-state index contributed by atoms with van der Waals surface area (Å²) in [5, 5.41) is 12.8. The van der Waals surface area contributed by atoms with E-state index in [-0.39, 0.29) is 41.1 Å². The van der Waals surface area contributed by atoms with Crippen LogP contribution in [0.4, 0.5) is 0 Å². The fourth-order valence-electron chi connectivity index (χ4n) is 4.48. The van der Waals surface area contributed by atoms with E-state index in [1.807, 2.05) is 6.07 Å². The van der Waals surface area contributed by atoms with Crippen LogP contribution in [0.25, 0.3) is 0 Å². The fourth-order valence-corrected chi connectivity index (χ4v) is 4.48. The molecule has 2 unspecified atom stereocenters. The molecule has 0 bridgehead atoms. The first-order chi connectivity index (χ1) is 13.7. The summed E-state index contributed by atoms with van der Waals surface area (Å²) in [4.78, 5) is 25.5. The molecule has 0 aromatic heterocycles. The molecule has 4 heteroatoms. The second-order valence-electron chi connectivity index (χ2n) is 9.19. The number of hydrogen-bond acceptors (Lipinski definition) is 3. The van der Waals surface area contributed by atoms with Crippen LogP contribution in [0.3, 0.4) is 0 Å². The van der Waals surface area contributed by atoms with Crippen LogP contribution in [0.1, 0.15) is 68.6 Å². The number of hydrogen-bond donors (Lipinski definition) is 2. The first kappa shape index (κ1) is 19.4. The number of allylic oxidation sites excluding steroid dienone is 2. The van der Waals surface area contributed by atoms with Crippen LogP contribution in [-0.2, 0) is 15.0 Å². The molecule has 2 atom stereocenters. The highest BCUT2D eigenvalue weighted by molar-refractivity contribution is 6.02. The zero-order valence-electron chi connectivity index (χ0n) is 17.2. The minimum Gasteiger partial charge on any atom is -0.508 e. The summed E-state index contributed by atoms with van der Waals surface area (Å²) in [5.74, 6) is -0.0603. The fraction of sp³-hybridized carbons (Fsp3) is 0.360. The molecule has 1 heterocycles. The lowest BCUT2D eigenvalue weighted by Gasteiger charge is -2.34. The molecule has 29 heavy (non-hydrogen) atoms. The smallest absolute Gasteiger partial charge is 0.225 e. The number of phenolic OH excluding ortho intramolecular Hbond substituents is 1. The molecular formula is C25H27NO3. The van der Waals surface area contributed by atoms with Crippen LogP contribution in [0.15, 0.2) is 59.8 Å². The highest BCUT2D eigenvalue weighted by atomic mass is 16.3. The molecule has 0 saturated heterocycles. The van der Waals surface area contributed by atoms with Gasteiger partial charge in [0.2, 0.25) is 5.91 Å². The molecule has 0 fully saturated rings. The summed E-state index contributed by atoms with van der Waals surface area (Å²) >= 11 is 0. The van der Waals surface area contributed by atoms with Crippen molar-refractivity contribution in [1.82, 2.24) is 5.32 Å². The van der Waals surface area contributed by atoms with Crippen molar-refractivity contribution >= 4 is 11.7 Å². The van der Waals surface area contributed by atoms with Crippen LogP contribution >= 0.6 is 0 Å². The Labute approximate surface area is 171 Å². The number of amides is 1. The average Bonchev–Trinajstić information content (AvgIpc) is 2.66. The van der Waals surface area contributed by atoms with Gasteiger partial charge < -0.3 is 10.4 Å². The molecule has 1 aliphatic heterocycles. The second kappa shape index (κ2) is 7.18. The third kappa shape index (κ3) is 3.84. The number of carbonyl (C=O) groups is 2. The summed E-state index contributed by atoms with van der Waals surface area (Å²) < 4.78 is 0. The van der Waals surface area contributed by atoms with E-state index in [0.29, 0.717) is 18.4 Å². The molecule has 150 valence electrons. The van der Waals surface area contributed by atoms with Crippen LogP contribution < -0.4 is 5.32 Å². The largest absolute Gasteiger partial charge is 0.508 e. The lowest BCUT2D eigenvalue weighted by atomic mass is 9.73. The van der Waals surface area contributed by atoms with Crippen LogP contribution in [0.5, 0.6) is 5.75 Å². The molecule has 2 aliphatic rings. The standard InChI is InChI=1S/C25H27NO3/c1-25(2,3)18-9-7-15(8-10-18)17-12-21-24(22(28)13-17)20(14-23(29)26-21)16-5-4-6-19(27)11-16/h4-11,17,20,27H,12-14H2,1-3H3,(H,26,29). The van der Waals surface area contributed by atoms with Gasteiger partial charge in [-0.1, -0.05) is 57.2 Å². The van der Waals surface area contributed by atoms with Gasteiger partial charge in [0.25, 0.3) is 0 Å². The molecule has 2 aromatic carbocycles. The number of Topliss-reactive ketones (excluding diaryl/α,β-unsaturated/α-hetero) is 1. The number of phenols is 1. The summed E-state index contributed by atoms with van der Waals surface area (Å²) in [6.45, 7) is 6.55. The van der Waals surface area contributed by atoms with E-state index in [1.165, 1.54) is 5.56 Å². The number of aromatic hydroxyl groups is 1. The molecular weight excluding hydrogens is 362 g/mol. The number of benzene rings is 2. The molecule has 0 radical (unpaired) electrons. The van der Waals surface area contributed by atoms with Gasteiger partial charge in [0, 0.05) is 30.0 Å². The van der Waals surface area contributed by atoms with Gasteiger partial charge in [0.1, 0.15) is 5.75 Å². The number of nitrogens with one attached hydrogen (secondary N) is 1. The van der Waals surface area contributed by atoms with Crippen molar-refractivity contribution in [3.05, 3.63) is 76.5 Å². The Balaban J connectivity index is 1.66. The van der Waals surface area contributed by atoms with Crippen molar-refractivity contribution in [2.45, 2.75) is 57.3 Å². The first-order valence-electron chi connectivity index (χ1n) is 10.2. The molecule has 1 aliphatic carbocycles. The van der Waals surface area contributed by atoms with Crippen LogP contribution in [-0.4, -0.2) is 16.8 Å². The van der Waals surface area contributed by atoms with E-state index >= 15 is 0 Å². The van der Waals surface area contributed by atoms with Gasteiger partial charge >= 0.3 is 0 Å². The number of rotatable bonds is 2.